The maximum Gasteiger partial charge on any atom is 0.308 e. The van der Waals surface area contributed by atoms with Crippen LogP contribution in [-0.4, -0.2) is 57.5 Å². The second-order valence-corrected chi connectivity index (χ2v) is 11.3. The molecule has 0 amide bonds. The third-order valence-corrected chi connectivity index (χ3v) is 7.21. The molecule has 218 valence electrons. The molecule has 0 aliphatic carbocycles. The number of unbranched alkanes of at least 4 members (excludes halogenated alkanes) is 19. The lowest BCUT2D eigenvalue weighted by atomic mass is 10.0. The van der Waals surface area contributed by atoms with Crippen molar-refractivity contribution in [1.29, 1.82) is 0 Å². The Morgan fingerprint density at radius 3 is 1.33 bits per heavy atom. The van der Waals surface area contributed by atoms with Gasteiger partial charge in [-0.05, 0) is 19.8 Å². The fraction of sp³-hybridized carbons (Fsp3) is 0.968. The highest BCUT2D eigenvalue weighted by Gasteiger charge is 2.14. The van der Waals surface area contributed by atoms with Gasteiger partial charge in [-0.2, -0.15) is 0 Å². The average molecular weight is 579 g/mol. The average Bonchev–Trinajstić information content (AvgIpc) is 2.82. The maximum absolute atomic E-state index is 11.3. The molecular weight excluding hydrogens is 514 g/mol. The molecule has 0 aromatic carbocycles. The van der Waals surface area contributed by atoms with Crippen LogP contribution in [0.25, 0.3) is 0 Å². The van der Waals surface area contributed by atoms with E-state index in [2.05, 4.69) is 21.0 Å². The number of quaternary nitrogens is 1. The van der Waals surface area contributed by atoms with E-state index in [1.54, 1.807) is 0 Å². The molecule has 5 heteroatoms. The van der Waals surface area contributed by atoms with Crippen LogP contribution in [0, 0.1) is 0 Å². The predicted molar refractivity (Wildman–Crippen MR) is 152 cm³/mol. The normalized spacial score (nSPS) is 11.4. The van der Waals surface area contributed by atoms with Crippen LogP contribution in [0.15, 0.2) is 0 Å². The van der Waals surface area contributed by atoms with Crippen molar-refractivity contribution in [3.05, 3.63) is 0 Å². The molecular formula is C31H64BrNO3. The smallest absolute Gasteiger partial charge is 0.308 e. The minimum absolute atomic E-state index is 0. The highest BCUT2D eigenvalue weighted by atomic mass is 79.9. The van der Waals surface area contributed by atoms with Gasteiger partial charge in [-0.1, -0.05) is 122 Å². The number of carbonyl (C=O) groups is 1. The third-order valence-electron chi connectivity index (χ3n) is 7.21. The molecule has 0 heterocycles. The summed E-state index contributed by atoms with van der Waals surface area (Å²) < 4.78 is 11.5. The van der Waals surface area contributed by atoms with Crippen LogP contribution < -0.4 is 17.0 Å². The summed E-state index contributed by atoms with van der Waals surface area (Å²) in [4.78, 5) is 11.3. The van der Waals surface area contributed by atoms with E-state index < -0.39 is 0 Å². The van der Waals surface area contributed by atoms with E-state index in [9.17, 15) is 4.79 Å². The Morgan fingerprint density at radius 1 is 0.556 bits per heavy atom. The maximum atomic E-state index is 11.3. The zero-order valence-electron chi connectivity index (χ0n) is 24.9. The standard InChI is InChI=1S/C31H64NO3.BrH/c1-5-7-8-9-10-11-12-13-14-15-16-17-18-19-20-21-22-23-24-25-27-32(3,4)28-30-34-29-26-31(33)35-6-2;/h5-30H2,1-4H3;1H/q+1;/p-1. The van der Waals surface area contributed by atoms with Crippen LogP contribution >= 0.6 is 0 Å². The van der Waals surface area contributed by atoms with Gasteiger partial charge in [-0.3, -0.25) is 4.79 Å². The van der Waals surface area contributed by atoms with Crippen molar-refractivity contribution in [1.82, 2.24) is 0 Å². The van der Waals surface area contributed by atoms with Crippen LogP contribution in [0.3, 0.4) is 0 Å². The Bertz CT molecular complexity index is 446. The zero-order valence-corrected chi connectivity index (χ0v) is 26.5. The first-order valence-corrected chi connectivity index (χ1v) is 15.6. The number of esters is 1. The lowest BCUT2D eigenvalue weighted by molar-refractivity contribution is -0.891. The van der Waals surface area contributed by atoms with Crippen LogP contribution in [-0.2, 0) is 14.3 Å². The Morgan fingerprint density at radius 2 is 0.944 bits per heavy atom. The first-order chi connectivity index (χ1) is 17.0. The van der Waals surface area contributed by atoms with Gasteiger partial charge in [-0.15, -0.1) is 0 Å². The van der Waals surface area contributed by atoms with Gasteiger partial charge in [0.15, 0.2) is 0 Å². The van der Waals surface area contributed by atoms with E-state index in [1.807, 2.05) is 6.92 Å². The van der Waals surface area contributed by atoms with Crippen molar-refractivity contribution < 1.29 is 35.7 Å². The molecule has 0 spiro atoms. The molecule has 0 aliphatic heterocycles. The third kappa shape index (κ3) is 30.1. The molecule has 0 saturated carbocycles. The molecule has 0 unspecified atom stereocenters. The fourth-order valence-corrected chi connectivity index (χ4v) is 4.71. The van der Waals surface area contributed by atoms with E-state index in [4.69, 9.17) is 9.47 Å². The summed E-state index contributed by atoms with van der Waals surface area (Å²) in [6.07, 6.45) is 29.0. The van der Waals surface area contributed by atoms with Gasteiger partial charge >= 0.3 is 5.97 Å². The highest BCUT2D eigenvalue weighted by Crippen LogP contribution is 2.15. The highest BCUT2D eigenvalue weighted by molar-refractivity contribution is 5.69. The zero-order chi connectivity index (χ0) is 25.9. The molecule has 4 nitrogen and oxygen atoms in total. The summed E-state index contributed by atoms with van der Waals surface area (Å²) in [6, 6.07) is 0. The molecule has 0 N–H and O–H groups in total. The lowest BCUT2D eigenvalue weighted by Gasteiger charge is -2.29. The number of carbonyl (C=O) groups excluding carboxylic acids is 1. The molecule has 0 bridgehead atoms. The summed E-state index contributed by atoms with van der Waals surface area (Å²) in [6.45, 7) is 7.97. The predicted octanol–water partition coefficient (Wildman–Crippen LogP) is 5.86. The van der Waals surface area contributed by atoms with E-state index in [1.165, 1.54) is 135 Å². The number of likely N-dealkylation sites (N-methyl/N-ethyl adjacent to an activating group) is 1. The van der Waals surface area contributed by atoms with Gasteiger partial charge < -0.3 is 30.9 Å². The Balaban J connectivity index is 0. The first-order valence-electron chi connectivity index (χ1n) is 15.6. The molecule has 0 aromatic heterocycles. The molecule has 0 atom stereocenters. The topological polar surface area (TPSA) is 35.5 Å². The van der Waals surface area contributed by atoms with Crippen LogP contribution in [0.1, 0.15) is 149 Å². The molecule has 0 rings (SSSR count). The second-order valence-electron chi connectivity index (χ2n) is 11.3. The Kier molecular flexibility index (Phi) is 31.1. The summed E-state index contributed by atoms with van der Waals surface area (Å²) in [5.41, 5.74) is 0. The quantitative estimate of drug-likeness (QED) is 0.0663. The molecule has 0 aliphatic rings. The Hall–Kier alpha value is -0.130. The summed E-state index contributed by atoms with van der Waals surface area (Å²) in [5, 5.41) is 0. The molecule has 0 radical (unpaired) electrons. The Labute approximate surface area is 237 Å². The van der Waals surface area contributed by atoms with Gasteiger partial charge in [-0.25, -0.2) is 0 Å². The van der Waals surface area contributed by atoms with Crippen molar-refractivity contribution in [3.63, 3.8) is 0 Å². The lowest BCUT2D eigenvalue weighted by Crippen LogP contribution is -3.00. The number of rotatable bonds is 28. The van der Waals surface area contributed by atoms with Gasteiger partial charge in [0.05, 0.1) is 46.9 Å². The minimum atomic E-state index is -0.161. The van der Waals surface area contributed by atoms with Crippen LogP contribution in [0.4, 0.5) is 0 Å². The van der Waals surface area contributed by atoms with Crippen molar-refractivity contribution in [2.75, 3.05) is 47.0 Å². The van der Waals surface area contributed by atoms with E-state index in [0.717, 1.165) is 11.0 Å². The monoisotopic (exact) mass is 577 g/mol. The first kappa shape index (κ1) is 38.0. The van der Waals surface area contributed by atoms with Gasteiger partial charge in [0.1, 0.15) is 6.54 Å². The number of nitrogens with zero attached hydrogens (tertiary/aromatic N) is 1. The summed E-state index contributed by atoms with van der Waals surface area (Å²) in [5.74, 6) is -0.161. The molecule has 0 fully saturated rings. The largest absolute Gasteiger partial charge is 1.00 e. The molecule has 36 heavy (non-hydrogen) atoms. The van der Waals surface area contributed by atoms with Crippen molar-refractivity contribution in [2.45, 2.75) is 149 Å². The van der Waals surface area contributed by atoms with E-state index in [0.29, 0.717) is 26.2 Å². The van der Waals surface area contributed by atoms with Gasteiger partial charge in [0.25, 0.3) is 0 Å². The molecule has 0 saturated heterocycles. The number of hydrogen-bond acceptors (Lipinski definition) is 3. The second kappa shape index (κ2) is 29.4. The molecule has 0 aromatic rings. The van der Waals surface area contributed by atoms with Gasteiger partial charge in [0.2, 0.25) is 0 Å². The van der Waals surface area contributed by atoms with Crippen LogP contribution in [0.2, 0.25) is 0 Å². The van der Waals surface area contributed by atoms with Crippen molar-refractivity contribution in [2.24, 2.45) is 0 Å². The number of halogens is 1. The van der Waals surface area contributed by atoms with Crippen molar-refractivity contribution in [3.8, 4) is 0 Å². The summed E-state index contributed by atoms with van der Waals surface area (Å²) >= 11 is 0. The van der Waals surface area contributed by atoms with E-state index in [-0.39, 0.29) is 23.0 Å². The number of hydrogen-bond donors (Lipinski definition) is 0. The summed E-state index contributed by atoms with van der Waals surface area (Å²) in [7, 11) is 4.56. The van der Waals surface area contributed by atoms with Crippen LogP contribution in [0.5, 0.6) is 0 Å². The minimum Gasteiger partial charge on any atom is -1.00 e. The fourth-order valence-electron chi connectivity index (χ4n) is 4.71. The number of ether oxygens (including phenoxy) is 2. The SMILES string of the molecule is CCCCCCCCCCCCCCCCCCCCCC[N+](C)(C)CCOCCC(=O)OCC.[Br-]. The van der Waals surface area contributed by atoms with Crippen molar-refractivity contribution >= 4 is 5.97 Å². The van der Waals surface area contributed by atoms with E-state index >= 15 is 0 Å². The van der Waals surface area contributed by atoms with Gasteiger partial charge in [0, 0.05) is 0 Å².